The summed E-state index contributed by atoms with van der Waals surface area (Å²) in [7, 11) is -2.29. The van der Waals surface area contributed by atoms with Gasteiger partial charge in [-0.1, -0.05) is 6.07 Å². The predicted octanol–water partition coefficient (Wildman–Crippen LogP) is 1.92. The van der Waals surface area contributed by atoms with Gasteiger partial charge in [0, 0.05) is 30.8 Å². The van der Waals surface area contributed by atoms with Gasteiger partial charge in [-0.3, -0.25) is 4.79 Å². The molecule has 1 N–H and O–H groups in total. The standard InChI is InChI=1S/C17H17FN2O4S/c1-24-15-4-2-3-14(10-15)20-11-13(9-17(20)21)19-25(22,23)16-7-5-12(18)6-8-16/h2-8,10,13,19H,9,11H2,1H3/t13-/m1/s1. The Morgan fingerprint density at radius 1 is 1.20 bits per heavy atom. The number of methoxy groups -OCH3 is 1. The summed E-state index contributed by atoms with van der Waals surface area (Å²) in [5.74, 6) is -0.0834. The van der Waals surface area contributed by atoms with Gasteiger partial charge in [0.05, 0.1) is 12.0 Å². The van der Waals surface area contributed by atoms with E-state index in [4.69, 9.17) is 4.74 Å². The van der Waals surface area contributed by atoms with Gasteiger partial charge in [0.2, 0.25) is 15.9 Å². The zero-order chi connectivity index (χ0) is 18.0. The highest BCUT2D eigenvalue weighted by molar-refractivity contribution is 7.89. The molecule has 1 atom stereocenters. The van der Waals surface area contributed by atoms with E-state index in [9.17, 15) is 17.6 Å². The van der Waals surface area contributed by atoms with Crippen LogP contribution in [0.15, 0.2) is 53.4 Å². The molecule has 1 heterocycles. The fraction of sp³-hybridized carbons (Fsp3) is 0.235. The smallest absolute Gasteiger partial charge is 0.240 e. The van der Waals surface area contributed by atoms with Crippen molar-refractivity contribution < 1.29 is 22.3 Å². The molecule has 0 aromatic heterocycles. The van der Waals surface area contributed by atoms with Crippen LogP contribution in [0.1, 0.15) is 6.42 Å². The first kappa shape index (κ1) is 17.4. The fourth-order valence-corrected chi connectivity index (χ4v) is 3.94. The fourth-order valence-electron chi connectivity index (χ4n) is 2.72. The van der Waals surface area contributed by atoms with Crippen LogP contribution >= 0.6 is 0 Å². The van der Waals surface area contributed by atoms with Crippen LogP contribution in [0.5, 0.6) is 5.75 Å². The van der Waals surface area contributed by atoms with E-state index in [-0.39, 0.29) is 23.8 Å². The Morgan fingerprint density at radius 3 is 2.60 bits per heavy atom. The second kappa shape index (κ2) is 6.81. The summed E-state index contributed by atoms with van der Waals surface area (Å²) in [6.07, 6.45) is 0.0532. The summed E-state index contributed by atoms with van der Waals surface area (Å²) >= 11 is 0. The molecule has 0 spiro atoms. The molecule has 3 rings (SSSR count). The molecule has 25 heavy (non-hydrogen) atoms. The highest BCUT2D eigenvalue weighted by Crippen LogP contribution is 2.26. The number of halogens is 1. The number of amides is 1. The number of ether oxygens (including phenoxy) is 1. The zero-order valence-electron chi connectivity index (χ0n) is 13.5. The molecule has 0 radical (unpaired) electrons. The molecule has 2 aromatic rings. The van der Waals surface area contributed by atoms with Crippen LogP contribution in [0.3, 0.4) is 0 Å². The monoisotopic (exact) mass is 364 g/mol. The Balaban J connectivity index is 1.75. The van der Waals surface area contributed by atoms with E-state index in [0.29, 0.717) is 11.4 Å². The molecule has 1 saturated heterocycles. The third-order valence-electron chi connectivity index (χ3n) is 3.94. The molecule has 1 fully saturated rings. The number of carbonyl (C=O) groups excluding carboxylic acids is 1. The lowest BCUT2D eigenvalue weighted by Crippen LogP contribution is -2.37. The van der Waals surface area contributed by atoms with E-state index in [2.05, 4.69) is 4.72 Å². The van der Waals surface area contributed by atoms with E-state index >= 15 is 0 Å². The van der Waals surface area contributed by atoms with Crippen molar-refractivity contribution in [2.45, 2.75) is 17.4 Å². The van der Waals surface area contributed by atoms with Crippen LogP contribution in [0, 0.1) is 5.82 Å². The van der Waals surface area contributed by atoms with Gasteiger partial charge in [-0.25, -0.2) is 17.5 Å². The number of hydrogen-bond acceptors (Lipinski definition) is 4. The Bertz CT molecular complexity index is 884. The quantitative estimate of drug-likeness (QED) is 0.880. The molecule has 0 aliphatic carbocycles. The topological polar surface area (TPSA) is 75.7 Å². The van der Waals surface area contributed by atoms with Crippen LogP contribution in [-0.4, -0.2) is 34.0 Å². The molecular weight excluding hydrogens is 347 g/mol. The van der Waals surface area contributed by atoms with Gasteiger partial charge < -0.3 is 9.64 Å². The van der Waals surface area contributed by atoms with E-state index in [1.165, 1.54) is 24.1 Å². The maximum atomic E-state index is 13.0. The number of nitrogens with one attached hydrogen (secondary N) is 1. The molecule has 1 aliphatic heterocycles. The maximum Gasteiger partial charge on any atom is 0.240 e. The first-order chi connectivity index (χ1) is 11.9. The largest absolute Gasteiger partial charge is 0.497 e. The number of anilines is 1. The minimum atomic E-state index is -3.82. The van der Waals surface area contributed by atoms with Crippen molar-refractivity contribution in [3.05, 3.63) is 54.3 Å². The third kappa shape index (κ3) is 3.80. The predicted molar refractivity (Wildman–Crippen MR) is 90.5 cm³/mol. The summed E-state index contributed by atoms with van der Waals surface area (Å²) < 4.78 is 45.3. The van der Waals surface area contributed by atoms with Crippen molar-refractivity contribution in [1.29, 1.82) is 0 Å². The molecule has 2 aromatic carbocycles. The number of carbonyl (C=O) groups is 1. The van der Waals surface area contributed by atoms with Crippen LogP contribution in [0.4, 0.5) is 10.1 Å². The van der Waals surface area contributed by atoms with Gasteiger partial charge in [0.15, 0.2) is 0 Å². The van der Waals surface area contributed by atoms with Crippen LogP contribution < -0.4 is 14.4 Å². The minimum absolute atomic E-state index is 0.0406. The summed E-state index contributed by atoms with van der Waals surface area (Å²) in [5.41, 5.74) is 0.646. The van der Waals surface area contributed by atoms with Gasteiger partial charge in [0.1, 0.15) is 11.6 Å². The van der Waals surface area contributed by atoms with E-state index in [1.54, 1.807) is 24.3 Å². The molecule has 1 amide bonds. The van der Waals surface area contributed by atoms with Crippen LogP contribution in [0.2, 0.25) is 0 Å². The van der Waals surface area contributed by atoms with Crippen molar-refractivity contribution in [1.82, 2.24) is 4.72 Å². The van der Waals surface area contributed by atoms with Crippen LogP contribution in [0.25, 0.3) is 0 Å². The van der Waals surface area contributed by atoms with E-state index in [0.717, 1.165) is 12.1 Å². The molecule has 0 saturated carbocycles. The zero-order valence-corrected chi connectivity index (χ0v) is 14.3. The average Bonchev–Trinajstić information content (AvgIpc) is 2.95. The van der Waals surface area contributed by atoms with Crippen molar-refractivity contribution in [2.75, 3.05) is 18.6 Å². The highest BCUT2D eigenvalue weighted by Gasteiger charge is 2.33. The summed E-state index contributed by atoms with van der Waals surface area (Å²) in [6, 6.07) is 11.0. The Morgan fingerprint density at radius 2 is 1.92 bits per heavy atom. The molecule has 132 valence electrons. The Kier molecular flexibility index (Phi) is 4.73. The second-order valence-corrected chi connectivity index (χ2v) is 7.40. The Hall–Kier alpha value is -2.45. The molecule has 1 aliphatic rings. The number of benzene rings is 2. The Labute approximate surface area is 145 Å². The van der Waals surface area contributed by atoms with Crippen LogP contribution in [-0.2, 0) is 14.8 Å². The third-order valence-corrected chi connectivity index (χ3v) is 5.47. The first-order valence-corrected chi connectivity index (χ1v) is 9.10. The normalized spacial score (nSPS) is 17.8. The molecule has 6 nitrogen and oxygen atoms in total. The van der Waals surface area contributed by atoms with Crippen molar-refractivity contribution in [3.8, 4) is 5.75 Å². The van der Waals surface area contributed by atoms with Crippen molar-refractivity contribution in [2.24, 2.45) is 0 Å². The second-order valence-electron chi connectivity index (χ2n) is 5.68. The summed E-state index contributed by atoms with van der Waals surface area (Å²) in [6.45, 7) is 0.215. The number of hydrogen-bond donors (Lipinski definition) is 1. The molecule has 0 bridgehead atoms. The summed E-state index contributed by atoms with van der Waals surface area (Å²) in [4.78, 5) is 13.7. The number of rotatable bonds is 5. The lowest BCUT2D eigenvalue weighted by molar-refractivity contribution is -0.117. The first-order valence-electron chi connectivity index (χ1n) is 7.61. The maximum absolute atomic E-state index is 13.0. The number of nitrogens with zero attached hydrogens (tertiary/aromatic N) is 1. The molecular formula is C17H17FN2O4S. The van der Waals surface area contributed by atoms with Crippen molar-refractivity contribution >= 4 is 21.6 Å². The lowest BCUT2D eigenvalue weighted by atomic mass is 10.3. The molecule has 0 unspecified atom stereocenters. The van der Waals surface area contributed by atoms with Gasteiger partial charge in [-0.2, -0.15) is 0 Å². The lowest BCUT2D eigenvalue weighted by Gasteiger charge is -2.18. The van der Waals surface area contributed by atoms with Gasteiger partial charge in [-0.05, 0) is 36.4 Å². The number of sulfonamides is 1. The van der Waals surface area contributed by atoms with E-state index < -0.39 is 21.9 Å². The molecule has 8 heteroatoms. The van der Waals surface area contributed by atoms with Gasteiger partial charge in [0.25, 0.3) is 0 Å². The highest BCUT2D eigenvalue weighted by atomic mass is 32.2. The minimum Gasteiger partial charge on any atom is -0.497 e. The average molecular weight is 364 g/mol. The SMILES string of the molecule is COc1cccc(N2C[C@H](NS(=O)(=O)c3ccc(F)cc3)CC2=O)c1. The van der Waals surface area contributed by atoms with Crippen molar-refractivity contribution in [3.63, 3.8) is 0 Å². The summed E-state index contributed by atoms with van der Waals surface area (Å²) in [5, 5.41) is 0. The van der Waals surface area contributed by atoms with E-state index in [1.807, 2.05) is 0 Å². The van der Waals surface area contributed by atoms with Gasteiger partial charge in [-0.15, -0.1) is 0 Å². The van der Waals surface area contributed by atoms with Gasteiger partial charge >= 0.3 is 0 Å².